The van der Waals surface area contributed by atoms with E-state index in [-0.39, 0.29) is 6.10 Å². The van der Waals surface area contributed by atoms with E-state index in [1.807, 2.05) is 0 Å². The van der Waals surface area contributed by atoms with E-state index in [1.54, 1.807) is 0 Å². The summed E-state index contributed by atoms with van der Waals surface area (Å²) in [6, 6.07) is 0.663. The van der Waals surface area contributed by atoms with E-state index < -0.39 is 0 Å². The van der Waals surface area contributed by atoms with Crippen LogP contribution < -0.4 is 0 Å². The molecule has 0 aromatic rings. The molecule has 1 aliphatic carbocycles. The Hall–Kier alpha value is -0.120. The Morgan fingerprint density at radius 2 is 2.00 bits per heavy atom. The van der Waals surface area contributed by atoms with Crippen LogP contribution in [-0.4, -0.2) is 60.8 Å². The highest BCUT2D eigenvalue weighted by atomic mass is 16.3. The van der Waals surface area contributed by atoms with Crippen LogP contribution in [0.15, 0.2) is 0 Å². The molecule has 3 atom stereocenters. The number of nitrogens with zero attached hydrogens (tertiary/aromatic N) is 2. The summed E-state index contributed by atoms with van der Waals surface area (Å²) in [5.74, 6) is 1.34. The first-order valence-electron chi connectivity index (χ1n) is 6.14. The van der Waals surface area contributed by atoms with Gasteiger partial charge in [-0.15, -0.1) is 0 Å². The summed E-state index contributed by atoms with van der Waals surface area (Å²) in [6.45, 7) is 5.47. The average Bonchev–Trinajstić information content (AvgIpc) is 2.91. The second-order valence-electron chi connectivity index (χ2n) is 5.63. The van der Waals surface area contributed by atoms with E-state index in [1.165, 1.54) is 12.8 Å². The minimum atomic E-state index is -0.0712. The van der Waals surface area contributed by atoms with Gasteiger partial charge in [0.2, 0.25) is 0 Å². The molecule has 1 N–H and O–H groups in total. The highest BCUT2D eigenvalue weighted by Crippen LogP contribution is 2.33. The predicted octanol–water partition coefficient (Wildman–Crippen LogP) is 0.639. The molecular formula is C12H24N2O. The van der Waals surface area contributed by atoms with Gasteiger partial charge in [0.25, 0.3) is 0 Å². The van der Waals surface area contributed by atoms with Gasteiger partial charge in [0, 0.05) is 25.7 Å². The molecule has 3 nitrogen and oxygen atoms in total. The van der Waals surface area contributed by atoms with Gasteiger partial charge >= 0.3 is 0 Å². The van der Waals surface area contributed by atoms with Gasteiger partial charge in [-0.3, -0.25) is 4.90 Å². The number of aliphatic hydroxyl groups is 1. The van der Waals surface area contributed by atoms with E-state index in [9.17, 15) is 5.11 Å². The van der Waals surface area contributed by atoms with Crippen molar-refractivity contribution in [3.8, 4) is 0 Å². The third-order valence-corrected chi connectivity index (χ3v) is 3.92. The first kappa shape index (κ1) is 11.4. The molecule has 0 aromatic heterocycles. The Morgan fingerprint density at radius 1 is 1.33 bits per heavy atom. The molecule has 1 heterocycles. The minimum Gasteiger partial charge on any atom is -0.392 e. The number of likely N-dealkylation sites (tertiary alicyclic amines) is 1. The predicted molar refractivity (Wildman–Crippen MR) is 61.8 cm³/mol. The highest BCUT2D eigenvalue weighted by Gasteiger charge is 2.35. The van der Waals surface area contributed by atoms with Crippen LogP contribution in [0.1, 0.15) is 19.8 Å². The average molecular weight is 212 g/mol. The van der Waals surface area contributed by atoms with E-state index in [0.717, 1.165) is 25.6 Å². The summed E-state index contributed by atoms with van der Waals surface area (Å²) < 4.78 is 0. The van der Waals surface area contributed by atoms with Gasteiger partial charge in [-0.2, -0.15) is 0 Å². The quantitative estimate of drug-likeness (QED) is 0.741. The molecule has 0 bridgehead atoms. The van der Waals surface area contributed by atoms with Crippen molar-refractivity contribution in [3.63, 3.8) is 0 Å². The zero-order chi connectivity index (χ0) is 11.0. The van der Waals surface area contributed by atoms with Crippen LogP contribution in [0.4, 0.5) is 0 Å². The second kappa shape index (κ2) is 4.40. The lowest BCUT2D eigenvalue weighted by Crippen LogP contribution is -2.36. The van der Waals surface area contributed by atoms with Gasteiger partial charge in [-0.05, 0) is 38.8 Å². The molecule has 1 saturated heterocycles. The van der Waals surface area contributed by atoms with Gasteiger partial charge in [0.15, 0.2) is 0 Å². The van der Waals surface area contributed by atoms with Gasteiger partial charge in [0.05, 0.1) is 6.10 Å². The lowest BCUT2D eigenvalue weighted by atomic mass is 10.1. The maximum absolute atomic E-state index is 9.91. The van der Waals surface area contributed by atoms with Gasteiger partial charge in [-0.1, -0.05) is 6.92 Å². The number of hydrogen-bond acceptors (Lipinski definition) is 3. The van der Waals surface area contributed by atoms with Crippen molar-refractivity contribution in [1.29, 1.82) is 0 Å². The first-order valence-corrected chi connectivity index (χ1v) is 6.14. The molecule has 2 fully saturated rings. The van der Waals surface area contributed by atoms with Crippen molar-refractivity contribution in [2.75, 3.05) is 33.7 Å². The summed E-state index contributed by atoms with van der Waals surface area (Å²) in [7, 11) is 4.31. The summed E-state index contributed by atoms with van der Waals surface area (Å²) >= 11 is 0. The molecule has 0 radical (unpaired) electrons. The molecule has 3 unspecified atom stereocenters. The minimum absolute atomic E-state index is 0.0712. The summed E-state index contributed by atoms with van der Waals surface area (Å²) in [5, 5.41) is 9.91. The number of rotatable bonds is 4. The lowest BCUT2D eigenvalue weighted by molar-refractivity contribution is 0.103. The number of β-amino-alcohol motifs (C(OH)–C–C–N with tert-alkyl or cyclic N) is 1. The van der Waals surface area contributed by atoms with E-state index in [4.69, 9.17) is 0 Å². The van der Waals surface area contributed by atoms with Crippen LogP contribution in [0.3, 0.4) is 0 Å². The van der Waals surface area contributed by atoms with Crippen LogP contribution in [-0.2, 0) is 0 Å². The number of hydrogen-bond donors (Lipinski definition) is 1. The Bertz CT molecular complexity index is 214. The van der Waals surface area contributed by atoms with Gasteiger partial charge in [-0.25, -0.2) is 0 Å². The third-order valence-electron chi connectivity index (χ3n) is 3.92. The van der Waals surface area contributed by atoms with Crippen LogP contribution in [0.25, 0.3) is 0 Å². The molecule has 88 valence electrons. The summed E-state index contributed by atoms with van der Waals surface area (Å²) in [4.78, 5) is 4.74. The first-order chi connectivity index (χ1) is 7.08. The smallest absolute Gasteiger partial charge is 0.0695 e. The van der Waals surface area contributed by atoms with Crippen molar-refractivity contribution in [2.45, 2.75) is 31.9 Å². The lowest BCUT2D eigenvalue weighted by Gasteiger charge is -2.23. The number of likely N-dealkylation sites (N-methyl/N-ethyl adjacent to an activating group) is 1. The highest BCUT2D eigenvalue weighted by molar-refractivity contribution is 4.90. The normalized spacial score (nSPS) is 35.0. The molecule has 2 aliphatic rings. The fraction of sp³-hybridized carbons (Fsp3) is 1.00. The second-order valence-corrected chi connectivity index (χ2v) is 5.63. The Kier molecular flexibility index (Phi) is 3.33. The van der Waals surface area contributed by atoms with Crippen LogP contribution >= 0.6 is 0 Å². The molecule has 2 rings (SSSR count). The molecule has 0 aromatic carbocycles. The zero-order valence-electron chi connectivity index (χ0n) is 10.2. The fourth-order valence-corrected chi connectivity index (χ4v) is 2.76. The topological polar surface area (TPSA) is 26.7 Å². The van der Waals surface area contributed by atoms with Crippen LogP contribution in [0.2, 0.25) is 0 Å². The van der Waals surface area contributed by atoms with Crippen molar-refractivity contribution in [1.82, 2.24) is 9.80 Å². The molecule has 0 spiro atoms. The van der Waals surface area contributed by atoms with E-state index in [0.29, 0.717) is 12.0 Å². The van der Waals surface area contributed by atoms with Crippen molar-refractivity contribution < 1.29 is 5.11 Å². The Balaban J connectivity index is 1.80. The fourth-order valence-electron chi connectivity index (χ4n) is 2.76. The monoisotopic (exact) mass is 212 g/mol. The summed E-state index contributed by atoms with van der Waals surface area (Å²) in [6.07, 6.45) is 2.40. The summed E-state index contributed by atoms with van der Waals surface area (Å²) in [5.41, 5.74) is 0. The van der Waals surface area contributed by atoms with Crippen molar-refractivity contribution in [3.05, 3.63) is 0 Å². The van der Waals surface area contributed by atoms with Gasteiger partial charge in [0.1, 0.15) is 0 Å². The maximum Gasteiger partial charge on any atom is 0.0695 e. The molecule has 0 amide bonds. The largest absolute Gasteiger partial charge is 0.392 e. The van der Waals surface area contributed by atoms with Crippen LogP contribution in [0.5, 0.6) is 0 Å². The molecule has 3 heteroatoms. The molecule has 15 heavy (non-hydrogen) atoms. The SMILES string of the molecule is CC1CN(CC(O)C2CC2)CC1N(C)C. The molecule has 1 aliphatic heterocycles. The van der Waals surface area contributed by atoms with E-state index >= 15 is 0 Å². The molecular weight excluding hydrogens is 188 g/mol. The standard InChI is InChI=1S/C12H24N2O/c1-9-6-14(7-11(9)13(2)3)8-12(15)10-4-5-10/h9-12,15H,4-8H2,1-3H3. The van der Waals surface area contributed by atoms with Gasteiger partial charge < -0.3 is 10.0 Å². The van der Waals surface area contributed by atoms with E-state index in [2.05, 4.69) is 30.8 Å². The number of aliphatic hydroxyl groups excluding tert-OH is 1. The Labute approximate surface area is 93.1 Å². The molecule has 1 saturated carbocycles. The van der Waals surface area contributed by atoms with Crippen molar-refractivity contribution >= 4 is 0 Å². The maximum atomic E-state index is 9.91. The van der Waals surface area contributed by atoms with Crippen LogP contribution in [0, 0.1) is 11.8 Å². The third kappa shape index (κ3) is 2.71. The Morgan fingerprint density at radius 3 is 2.47 bits per heavy atom. The van der Waals surface area contributed by atoms with Crippen molar-refractivity contribution in [2.24, 2.45) is 11.8 Å². The zero-order valence-corrected chi connectivity index (χ0v) is 10.2.